The van der Waals surface area contributed by atoms with Crippen molar-refractivity contribution in [2.24, 2.45) is 0 Å². The molecule has 0 aliphatic carbocycles. The number of hydrogen-bond donors (Lipinski definition) is 1. The van der Waals surface area contributed by atoms with Crippen LogP contribution in [-0.2, 0) is 6.42 Å². The summed E-state index contributed by atoms with van der Waals surface area (Å²) in [4.78, 5) is 28.4. The molecule has 1 unspecified atom stereocenters. The number of halogens is 1. The molecule has 0 fully saturated rings. The monoisotopic (exact) mass is 267 g/mol. The van der Waals surface area contributed by atoms with Crippen LogP contribution in [0.25, 0.3) is 10.9 Å². The van der Waals surface area contributed by atoms with Crippen LogP contribution in [0.15, 0.2) is 23.3 Å². The molecule has 0 bridgehead atoms. The van der Waals surface area contributed by atoms with E-state index in [4.69, 9.17) is 11.6 Å². The van der Waals surface area contributed by atoms with Crippen molar-refractivity contribution < 1.29 is 4.92 Å². The van der Waals surface area contributed by atoms with Crippen LogP contribution in [-0.4, -0.2) is 20.3 Å². The van der Waals surface area contributed by atoms with Crippen LogP contribution >= 0.6 is 11.6 Å². The van der Waals surface area contributed by atoms with Crippen LogP contribution in [0.4, 0.5) is 5.69 Å². The highest BCUT2D eigenvalue weighted by Gasteiger charge is 2.18. The molecule has 2 aromatic rings. The van der Waals surface area contributed by atoms with Gasteiger partial charge in [-0.2, -0.15) is 0 Å². The van der Waals surface area contributed by atoms with E-state index >= 15 is 0 Å². The zero-order valence-electron chi connectivity index (χ0n) is 9.51. The minimum atomic E-state index is -0.513. The van der Waals surface area contributed by atoms with Gasteiger partial charge in [-0.25, -0.2) is 4.98 Å². The van der Waals surface area contributed by atoms with Crippen molar-refractivity contribution in [2.45, 2.75) is 18.7 Å². The molecule has 1 aromatic carbocycles. The molecule has 1 N–H and O–H groups in total. The second-order valence-electron chi connectivity index (χ2n) is 3.97. The Labute approximate surface area is 107 Å². The van der Waals surface area contributed by atoms with E-state index in [0.717, 1.165) is 0 Å². The summed E-state index contributed by atoms with van der Waals surface area (Å²) < 4.78 is 0. The van der Waals surface area contributed by atoms with Gasteiger partial charge in [0.25, 0.3) is 11.2 Å². The second-order valence-corrected chi connectivity index (χ2v) is 4.72. The lowest BCUT2D eigenvalue weighted by atomic mass is 10.1. The van der Waals surface area contributed by atoms with E-state index in [9.17, 15) is 14.9 Å². The predicted molar refractivity (Wildman–Crippen MR) is 68.0 cm³/mol. The van der Waals surface area contributed by atoms with Gasteiger partial charge in [-0.05, 0) is 19.4 Å². The van der Waals surface area contributed by atoms with Crippen LogP contribution in [0, 0.1) is 10.1 Å². The van der Waals surface area contributed by atoms with Gasteiger partial charge < -0.3 is 4.98 Å². The zero-order valence-corrected chi connectivity index (χ0v) is 10.3. The van der Waals surface area contributed by atoms with Gasteiger partial charge in [0.05, 0.1) is 22.2 Å². The topological polar surface area (TPSA) is 88.9 Å². The maximum absolute atomic E-state index is 11.5. The number of hydrogen-bond acceptors (Lipinski definition) is 4. The van der Waals surface area contributed by atoms with Crippen LogP contribution in [0.5, 0.6) is 0 Å². The number of nitrogens with zero attached hydrogens (tertiary/aromatic N) is 2. The van der Waals surface area contributed by atoms with E-state index in [0.29, 0.717) is 17.5 Å². The molecule has 1 aromatic heterocycles. The van der Waals surface area contributed by atoms with E-state index < -0.39 is 10.5 Å². The Morgan fingerprint density at radius 1 is 1.56 bits per heavy atom. The van der Waals surface area contributed by atoms with Crippen LogP contribution < -0.4 is 5.56 Å². The van der Waals surface area contributed by atoms with E-state index in [1.807, 2.05) is 0 Å². The van der Waals surface area contributed by atoms with Gasteiger partial charge in [-0.1, -0.05) is 0 Å². The molecular formula is C11H10ClN3O3. The quantitative estimate of drug-likeness (QED) is 0.523. The SMILES string of the molecule is CC(Cl)Cc1cc2nc[nH]c(=O)c2cc1[N+](=O)[O-]. The molecule has 2 rings (SSSR count). The fourth-order valence-corrected chi connectivity index (χ4v) is 1.95. The number of nitrogens with one attached hydrogen (secondary N) is 1. The average molecular weight is 268 g/mol. The first-order valence-corrected chi connectivity index (χ1v) is 5.71. The van der Waals surface area contributed by atoms with Crippen molar-refractivity contribution in [3.63, 3.8) is 0 Å². The van der Waals surface area contributed by atoms with Crippen molar-refractivity contribution in [1.29, 1.82) is 0 Å². The summed E-state index contributed by atoms with van der Waals surface area (Å²) in [6.45, 7) is 1.75. The molecule has 0 aliphatic heterocycles. The Balaban J connectivity index is 2.72. The van der Waals surface area contributed by atoms with Crippen molar-refractivity contribution in [1.82, 2.24) is 9.97 Å². The first kappa shape index (κ1) is 12.5. The van der Waals surface area contributed by atoms with Gasteiger partial charge in [0.1, 0.15) is 0 Å². The third kappa shape index (κ3) is 2.33. The Hall–Kier alpha value is -1.95. The average Bonchev–Trinajstić information content (AvgIpc) is 2.27. The largest absolute Gasteiger partial charge is 0.313 e. The summed E-state index contributed by atoms with van der Waals surface area (Å²) in [6.07, 6.45) is 1.62. The van der Waals surface area contributed by atoms with Gasteiger partial charge in [0.15, 0.2) is 0 Å². The highest BCUT2D eigenvalue weighted by atomic mass is 35.5. The summed E-state index contributed by atoms with van der Waals surface area (Å²) in [5, 5.41) is 11.0. The number of nitro benzene ring substituents is 1. The minimum Gasteiger partial charge on any atom is -0.313 e. The lowest BCUT2D eigenvalue weighted by molar-refractivity contribution is -0.385. The molecule has 0 radical (unpaired) electrons. The molecule has 94 valence electrons. The molecule has 7 heteroatoms. The molecule has 0 amide bonds. The van der Waals surface area contributed by atoms with Gasteiger partial charge in [-0.3, -0.25) is 14.9 Å². The van der Waals surface area contributed by atoms with E-state index in [1.165, 1.54) is 12.4 Å². The molecule has 0 spiro atoms. The maximum atomic E-state index is 11.5. The van der Waals surface area contributed by atoms with Crippen molar-refractivity contribution in [3.8, 4) is 0 Å². The molecule has 0 saturated heterocycles. The summed E-state index contributed by atoms with van der Waals surface area (Å²) in [6, 6.07) is 2.79. The first-order valence-electron chi connectivity index (χ1n) is 5.28. The Kier molecular flexibility index (Phi) is 3.29. The summed E-state index contributed by atoms with van der Waals surface area (Å²) in [5.74, 6) is 0. The highest BCUT2D eigenvalue weighted by Crippen LogP contribution is 2.25. The maximum Gasteiger partial charge on any atom is 0.273 e. The second kappa shape index (κ2) is 4.73. The molecule has 0 aliphatic rings. The highest BCUT2D eigenvalue weighted by molar-refractivity contribution is 6.20. The normalized spacial score (nSPS) is 12.6. The van der Waals surface area contributed by atoms with Gasteiger partial charge in [0, 0.05) is 17.0 Å². The van der Waals surface area contributed by atoms with Gasteiger partial charge in [-0.15, -0.1) is 11.6 Å². The van der Waals surface area contributed by atoms with Crippen molar-refractivity contribution in [2.75, 3.05) is 0 Å². The number of benzene rings is 1. The smallest absolute Gasteiger partial charge is 0.273 e. The zero-order chi connectivity index (χ0) is 13.3. The number of fused-ring (bicyclic) bond motifs is 1. The van der Waals surface area contributed by atoms with Crippen molar-refractivity contribution in [3.05, 3.63) is 44.5 Å². The molecule has 0 saturated carbocycles. The lowest BCUT2D eigenvalue weighted by Gasteiger charge is -2.05. The third-order valence-corrected chi connectivity index (χ3v) is 2.69. The summed E-state index contributed by atoms with van der Waals surface area (Å²) in [5.41, 5.74) is 0.409. The van der Waals surface area contributed by atoms with E-state index in [1.54, 1.807) is 13.0 Å². The van der Waals surface area contributed by atoms with Crippen LogP contribution in [0.2, 0.25) is 0 Å². The number of aromatic amines is 1. The molecule has 6 nitrogen and oxygen atoms in total. The Bertz CT molecular complexity index is 666. The van der Waals surface area contributed by atoms with Gasteiger partial charge in [0.2, 0.25) is 0 Å². The Morgan fingerprint density at radius 3 is 2.89 bits per heavy atom. The third-order valence-electron chi connectivity index (χ3n) is 2.54. The molecule has 18 heavy (non-hydrogen) atoms. The van der Waals surface area contributed by atoms with E-state index in [2.05, 4.69) is 9.97 Å². The molecular weight excluding hydrogens is 258 g/mol. The van der Waals surface area contributed by atoms with Gasteiger partial charge >= 0.3 is 0 Å². The summed E-state index contributed by atoms with van der Waals surface area (Å²) in [7, 11) is 0. The number of rotatable bonds is 3. The number of H-pyrrole nitrogens is 1. The number of alkyl halides is 1. The Morgan fingerprint density at radius 2 is 2.28 bits per heavy atom. The summed E-state index contributed by atoms with van der Waals surface area (Å²) >= 11 is 5.86. The van der Waals surface area contributed by atoms with Crippen LogP contribution in [0.3, 0.4) is 0 Å². The van der Waals surface area contributed by atoms with E-state index in [-0.39, 0.29) is 16.5 Å². The first-order chi connectivity index (χ1) is 8.49. The molecule has 1 atom stereocenters. The fraction of sp³-hybridized carbons (Fsp3) is 0.273. The predicted octanol–water partition coefficient (Wildman–Crippen LogP) is 2.00. The van der Waals surface area contributed by atoms with Crippen molar-refractivity contribution >= 4 is 28.2 Å². The standard InChI is InChI=1S/C11H10ClN3O3/c1-6(12)2-7-3-9-8(4-10(7)15(17)18)11(16)14-5-13-9/h3-6H,2H2,1H3,(H,13,14,16). The molecule has 1 heterocycles. The van der Waals surface area contributed by atoms with Crippen LogP contribution in [0.1, 0.15) is 12.5 Å². The lowest BCUT2D eigenvalue weighted by Crippen LogP contribution is -2.09. The number of aromatic nitrogens is 2. The minimum absolute atomic E-state index is 0.103. The number of nitro groups is 1. The fourth-order valence-electron chi connectivity index (χ4n) is 1.78.